The summed E-state index contributed by atoms with van der Waals surface area (Å²) >= 11 is 12.1. The van der Waals surface area contributed by atoms with Gasteiger partial charge >= 0.3 is 0 Å². The Kier molecular flexibility index (Phi) is 7.40. The van der Waals surface area contributed by atoms with E-state index in [1.54, 1.807) is 18.2 Å². The Hall–Kier alpha value is -2.77. The monoisotopic (exact) mass is 487 g/mol. The number of fused-ring (bicyclic) bond motifs is 1. The standard InChI is InChI=1S/C24H27Cl2N5O2/c1-31(2)23-17-6-3-4-8-19(17)29-24(30-23)28-16-12-10-15(11-13-16)27-21(32)14-33-20-9-5-7-18(25)22(20)26/h3-9,15-16H,10-14H2,1-2H3,(H,27,32)(H,28,29,30). The number of hydrogen-bond acceptors (Lipinski definition) is 6. The van der Waals surface area contributed by atoms with E-state index >= 15 is 0 Å². The molecule has 1 aliphatic rings. The lowest BCUT2D eigenvalue weighted by molar-refractivity contribution is -0.124. The molecule has 7 nitrogen and oxygen atoms in total. The Balaban J connectivity index is 1.28. The van der Waals surface area contributed by atoms with Crippen molar-refractivity contribution >= 4 is 51.8 Å². The molecule has 0 radical (unpaired) electrons. The Labute approximate surface area is 203 Å². The molecule has 1 heterocycles. The van der Waals surface area contributed by atoms with Crippen LogP contribution < -0.4 is 20.3 Å². The van der Waals surface area contributed by atoms with E-state index in [1.807, 2.05) is 43.3 Å². The van der Waals surface area contributed by atoms with Crippen LogP contribution in [-0.4, -0.2) is 48.7 Å². The molecule has 2 N–H and O–H groups in total. The minimum Gasteiger partial charge on any atom is -0.482 e. The van der Waals surface area contributed by atoms with Gasteiger partial charge in [-0.25, -0.2) is 4.98 Å². The average molecular weight is 488 g/mol. The molecule has 174 valence electrons. The second-order valence-corrected chi connectivity index (χ2v) is 9.17. The van der Waals surface area contributed by atoms with E-state index in [9.17, 15) is 4.79 Å². The first-order valence-electron chi connectivity index (χ1n) is 11.0. The maximum Gasteiger partial charge on any atom is 0.258 e. The van der Waals surface area contributed by atoms with Crippen molar-refractivity contribution in [1.29, 1.82) is 0 Å². The number of hydrogen-bond donors (Lipinski definition) is 2. The number of aromatic nitrogens is 2. The minimum atomic E-state index is -0.170. The third-order valence-electron chi connectivity index (χ3n) is 5.71. The molecule has 2 aromatic carbocycles. The molecule has 1 saturated carbocycles. The fourth-order valence-electron chi connectivity index (χ4n) is 4.04. The van der Waals surface area contributed by atoms with Crippen LogP contribution in [0.15, 0.2) is 42.5 Å². The lowest BCUT2D eigenvalue weighted by Crippen LogP contribution is -2.42. The highest BCUT2D eigenvalue weighted by Gasteiger charge is 2.23. The van der Waals surface area contributed by atoms with Crippen LogP contribution in [-0.2, 0) is 4.79 Å². The molecule has 0 saturated heterocycles. The van der Waals surface area contributed by atoms with Gasteiger partial charge < -0.3 is 20.3 Å². The van der Waals surface area contributed by atoms with Gasteiger partial charge in [0.25, 0.3) is 5.91 Å². The number of anilines is 2. The summed E-state index contributed by atoms with van der Waals surface area (Å²) < 4.78 is 5.53. The Morgan fingerprint density at radius 2 is 1.76 bits per heavy atom. The first kappa shape index (κ1) is 23.4. The summed E-state index contributed by atoms with van der Waals surface area (Å²) in [6, 6.07) is 13.5. The Morgan fingerprint density at radius 1 is 1.03 bits per heavy atom. The van der Waals surface area contributed by atoms with Crippen molar-refractivity contribution in [3.63, 3.8) is 0 Å². The summed E-state index contributed by atoms with van der Waals surface area (Å²) in [5.74, 6) is 1.76. The number of rotatable bonds is 7. The van der Waals surface area contributed by atoms with Gasteiger partial charge in [-0.15, -0.1) is 0 Å². The first-order chi connectivity index (χ1) is 15.9. The van der Waals surface area contributed by atoms with Crippen molar-refractivity contribution in [3.05, 3.63) is 52.5 Å². The smallest absolute Gasteiger partial charge is 0.258 e. The number of carbonyl (C=O) groups excluding carboxylic acids is 1. The van der Waals surface area contributed by atoms with E-state index in [1.165, 1.54) is 0 Å². The molecule has 1 aromatic heterocycles. The van der Waals surface area contributed by atoms with Gasteiger partial charge in [0, 0.05) is 31.6 Å². The summed E-state index contributed by atoms with van der Waals surface area (Å²) in [5, 5.41) is 8.27. The lowest BCUT2D eigenvalue weighted by Gasteiger charge is -2.30. The molecule has 1 aliphatic carbocycles. The van der Waals surface area contributed by atoms with Gasteiger partial charge in [0.1, 0.15) is 16.6 Å². The van der Waals surface area contributed by atoms with Gasteiger partial charge in [0.05, 0.1) is 10.5 Å². The second kappa shape index (κ2) is 10.4. The third-order valence-corrected chi connectivity index (χ3v) is 6.51. The molecular weight excluding hydrogens is 461 g/mol. The molecule has 0 bridgehead atoms. The van der Waals surface area contributed by atoms with E-state index in [-0.39, 0.29) is 24.6 Å². The van der Waals surface area contributed by atoms with E-state index in [0.717, 1.165) is 42.4 Å². The van der Waals surface area contributed by atoms with Crippen LogP contribution in [0, 0.1) is 0 Å². The van der Waals surface area contributed by atoms with Crippen LogP contribution in [0.1, 0.15) is 25.7 Å². The molecule has 9 heteroatoms. The van der Waals surface area contributed by atoms with Crippen molar-refractivity contribution in [2.45, 2.75) is 37.8 Å². The number of halogens is 2. The number of nitrogens with one attached hydrogen (secondary N) is 2. The molecule has 33 heavy (non-hydrogen) atoms. The van der Waals surface area contributed by atoms with Crippen LogP contribution in [0.3, 0.4) is 0 Å². The number of ether oxygens (including phenoxy) is 1. The first-order valence-corrected chi connectivity index (χ1v) is 11.7. The maximum atomic E-state index is 12.3. The van der Waals surface area contributed by atoms with Gasteiger partial charge in [0.2, 0.25) is 5.95 Å². The van der Waals surface area contributed by atoms with Crippen molar-refractivity contribution < 1.29 is 9.53 Å². The molecule has 4 rings (SSSR count). The summed E-state index contributed by atoms with van der Waals surface area (Å²) in [6.07, 6.45) is 3.57. The van der Waals surface area contributed by atoms with Gasteiger partial charge in [-0.05, 0) is 49.9 Å². The Morgan fingerprint density at radius 3 is 2.52 bits per heavy atom. The minimum absolute atomic E-state index is 0.101. The van der Waals surface area contributed by atoms with Crippen molar-refractivity contribution in [3.8, 4) is 5.75 Å². The predicted octanol–water partition coefficient (Wildman–Crippen LogP) is 4.92. The molecule has 3 aromatic rings. The fourth-order valence-corrected chi connectivity index (χ4v) is 4.38. The molecular formula is C24H27Cl2N5O2. The normalized spacial score (nSPS) is 18.1. The third kappa shape index (κ3) is 5.78. The van der Waals surface area contributed by atoms with Gasteiger partial charge in [-0.2, -0.15) is 4.98 Å². The predicted molar refractivity (Wildman–Crippen MR) is 134 cm³/mol. The quantitative estimate of drug-likeness (QED) is 0.492. The molecule has 0 spiro atoms. The highest BCUT2D eigenvalue weighted by molar-refractivity contribution is 6.42. The number of amides is 1. The van der Waals surface area contributed by atoms with Crippen molar-refractivity contribution in [2.75, 3.05) is 30.9 Å². The molecule has 0 unspecified atom stereocenters. The average Bonchev–Trinajstić information content (AvgIpc) is 2.80. The molecule has 1 amide bonds. The van der Waals surface area contributed by atoms with Crippen LogP contribution in [0.5, 0.6) is 5.75 Å². The van der Waals surface area contributed by atoms with E-state index in [4.69, 9.17) is 37.9 Å². The lowest BCUT2D eigenvalue weighted by atomic mass is 9.91. The Bertz CT molecular complexity index is 1130. The second-order valence-electron chi connectivity index (χ2n) is 8.38. The van der Waals surface area contributed by atoms with Gasteiger partial charge in [0.15, 0.2) is 6.61 Å². The summed E-state index contributed by atoms with van der Waals surface area (Å²) in [6.45, 7) is -0.101. The van der Waals surface area contributed by atoms with Crippen LogP contribution in [0.25, 0.3) is 10.9 Å². The number of benzene rings is 2. The molecule has 0 aliphatic heterocycles. The molecule has 1 fully saturated rings. The fraction of sp³-hybridized carbons (Fsp3) is 0.375. The maximum absolute atomic E-state index is 12.3. The summed E-state index contributed by atoms with van der Waals surface area (Å²) in [5.41, 5.74) is 0.916. The number of para-hydroxylation sites is 1. The van der Waals surface area contributed by atoms with Crippen LogP contribution in [0.2, 0.25) is 10.0 Å². The largest absolute Gasteiger partial charge is 0.482 e. The van der Waals surface area contributed by atoms with E-state index in [2.05, 4.69) is 10.6 Å². The zero-order valence-electron chi connectivity index (χ0n) is 18.6. The number of nitrogens with zero attached hydrogens (tertiary/aromatic N) is 3. The summed E-state index contributed by atoms with van der Waals surface area (Å²) in [7, 11) is 3.97. The molecule has 0 atom stereocenters. The van der Waals surface area contributed by atoms with E-state index in [0.29, 0.717) is 21.7 Å². The highest BCUT2D eigenvalue weighted by atomic mass is 35.5. The number of carbonyl (C=O) groups is 1. The zero-order chi connectivity index (χ0) is 23.4. The van der Waals surface area contributed by atoms with Gasteiger partial charge in [-0.1, -0.05) is 41.4 Å². The summed E-state index contributed by atoms with van der Waals surface area (Å²) in [4.78, 5) is 23.7. The highest BCUT2D eigenvalue weighted by Crippen LogP contribution is 2.31. The van der Waals surface area contributed by atoms with Crippen LogP contribution >= 0.6 is 23.2 Å². The van der Waals surface area contributed by atoms with Crippen molar-refractivity contribution in [2.24, 2.45) is 0 Å². The topological polar surface area (TPSA) is 79.4 Å². The van der Waals surface area contributed by atoms with Crippen LogP contribution in [0.4, 0.5) is 11.8 Å². The SMILES string of the molecule is CN(C)c1nc(NC2CCC(NC(=O)COc3cccc(Cl)c3Cl)CC2)nc2ccccc12. The van der Waals surface area contributed by atoms with Crippen molar-refractivity contribution in [1.82, 2.24) is 15.3 Å². The zero-order valence-corrected chi connectivity index (χ0v) is 20.2. The van der Waals surface area contributed by atoms with E-state index < -0.39 is 0 Å². The van der Waals surface area contributed by atoms with Gasteiger partial charge in [-0.3, -0.25) is 4.79 Å².